The molecule has 66 valence electrons. The smallest absolute Gasteiger partial charge is 0.151 e. The summed E-state index contributed by atoms with van der Waals surface area (Å²) in [5, 5.41) is 15.3. The maximum Gasteiger partial charge on any atom is 0.151 e. The van der Waals surface area contributed by atoms with Crippen molar-refractivity contribution in [2.75, 3.05) is 5.75 Å². The zero-order valence-electron chi connectivity index (χ0n) is 6.51. The van der Waals surface area contributed by atoms with E-state index >= 15 is 0 Å². The fourth-order valence-electron chi connectivity index (χ4n) is 1.06. The van der Waals surface area contributed by atoms with Gasteiger partial charge < -0.3 is 5.73 Å². The van der Waals surface area contributed by atoms with Crippen molar-refractivity contribution < 1.29 is 4.39 Å². The SMILES string of the molecule is N#CCC1(CSC(=N)N)CC1F. The molecule has 0 saturated heterocycles. The number of nitrogens with zero attached hydrogens (tertiary/aromatic N) is 1. The molecular weight excluding hydrogens is 177 g/mol. The number of nitrogens with two attached hydrogens (primary N) is 1. The van der Waals surface area contributed by atoms with Gasteiger partial charge in [0, 0.05) is 17.6 Å². The molecule has 0 radical (unpaired) electrons. The first-order chi connectivity index (χ1) is 5.60. The van der Waals surface area contributed by atoms with E-state index in [1.54, 1.807) is 0 Å². The van der Waals surface area contributed by atoms with Gasteiger partial charge in [0.05, 0.1) is 6.07 Å². The molecule has 3 nitrogen and oxygen atoms in total. The standard InChI is InChI=1S/C7H10FN3S/c8-5-3-7(5,1-2-9)4-12-6(10)11/h5H,1,3-4H2,(H3,10,11). The van der Waals surface area contributed by atoms with E-state index in [2.05, 4.69) is 0 Å². The molecule has 0 heterocycles. The van der Waals surface area contributed by atoms with E-state index in [4.69, 9.17) is 16.4 Å². The first-order valence-corrected chi connectivity index (χ1v) is 4.57. The molecule has 1 aliphatic rings. The minimum Gasteiger partial charge on any atom is -0.379 e. The lowest BCUT2D eigenvalue weighted by molar-refractivity contribution is 0.387. The Bertz CT molecular complexity index is 237. The van der Waals surface area contributed by atoms with Crippen molar-refractivity contribution in [3.05, 3.63) is 0 Å². The molecule has 0 aliphatic heterocycles. The Morgan fingerprint density at radius 3 is 2.83 bits per heavy atom. The lowest BCUT2D eigenvalue weighted by atomic mass is 10.1. The number of alkyl halides is 1. The van der Waals surface area contributed by atoms with Crippen molar-refractivity contribution in [2.45, 2.75) is 19.0 Å². The summed E-state index contributed by atoms with van der Waals surface area (Å²) in [6.07, 6.45) is -0.195. The van der Waals surface area contributed by atoms with Gasteiger partial charge in [0.2, 0.25) is 0 Å². The molecule has 5 heteroatoms. The topological polar surface area (TPSA) is 73.7 Å². The Morgan fingerprint density at radius 2 is 2.50 bits per heavy atom. The summed E-state index contributed by atoms with van der Waals surface area (Å²) in [5.41, 5.74) is 4.61. The van der Waals surface area contributed by atoms with Gasteiger partial charge in [0.1, 0.15) is 6.17 Å². The van der Waals surface area contributed by atoms with E-state index in [-0.39, 0.29) is 11.6 Å². The molecule has 1 saturated carbocycles. The summed E-state index contributed by atoms with van der Waals surface area (Å²) >= 11 is 1.11. The monoisotopic (exact) mass is 187 g/mol. The van der Waals surface area contributed by atoms with Crippen molar-refractivity contribution in [1.29, 1.82) is 10.7 Å². The second-order valence-electron chi connectivity index (χ2n) is 3.02. The quantitative estimate of drug-likeness (QED) is 0.516. The van der Waals surface area contributed by atoms with Gasteiger partial charge in [0.15, 0.2) is 5.17 Å². The third-order valence-corrected chi connectivity index (χ3v) is 3.07. The van der Waals surface area contributed by atoms with Crippen LogP contribution in [-0.2, 0) is 0 Å². The summed E-state index contributed by atoms with van der Waals surface area (Å²) in [4.78, 5) is 0. The van der Waals surface area contributed by atoms with E-state index < -0.39 is 11.6 Å². The molecule has 0 amide bonds. The van der Waals surface area contributed by atoms with E-state index in [9.17, 15) is 4.39 Å². The minimum atomic E-state index is -0.871. The number of halogens is 1. The Morgan fingerprint density at radius 1 is 1.92 bits per heavy atom. The number of amidine groups is 1. The highest BCUT2D eigenvalue weighted by molar-refractivity contribution is 8.13. The molecule has 0 aromatic rings. The third-order valence-electron chi connectivity index (χ3n) is 2.04. The molecule has 3 N–H and O–H groups in total. The first-order valence-electron chi connectivity index (χ1n) is 3.58. The molecule has 0 aromatic carbocycles. The van der Waals surface area contributed by atoms with Gasteiger partial charge in [-0.05, 0) is 6.42 Å². The predicted molar refractivity (Wildman–Crippen MR) is 46.5 cm³/mol. The van der Waals surface area contributed by atoms with Crippen LogP contribution in [0.1, 0.15) is 12.8 Å². The Labute approximate surface area is 74.6 Å². The van der Waals surface area contributed by atoms with Crippen LogP contribution in [0.25, 0.3) is 0 Å². The maximum atomic E-state index is 12.8. The molecule has 0 aromatic heterocycles. The molecule has 2 atom stereocenters. The summed E-state index contributed by atoms with van der Waals surface area (Å²) in [6.45, 7) is 0. The molecule has 12 heavy (non-hydrogen) atoms. The van der Waals surface area contributed by atoms with E-state index in [0.29, 0.717) is 12.2 Å². The number of hydrogen-bond donors (Lipinski definition) is 2. The Kier molecular flexibility index (Phi) is 2.58. The highest BCUT2D eigenvalue weighted by atomic mass is 32.2. The maximum absolute atomic E-state index is 12.8. The number of nitrogens with one attached hydrogen (secondary N) is 1. The van der Waals surface area contributed by atoms with Crippen molar-refractivity contribution in [3.8, 4) is 6.07 Å². The molecule has 2 unspecified atom stereocenters. The largest absolute Gasteiger partial charge is 0.379 e. The summed E-state index contributed by atoms with van der Waals surface area (Å²) < 4.78 is 12.8. The van der Waals surface area contributed by atoms with Gasteiger partial charge in [-0.15, -0.1) is 0 Å². The van der Waals surface area contributed by atoms with Crippen molar-refractivity contribution >= 4 is 16.9 Å². The summed E-state index contributed by atoms with van der Waals surface area (Å²) in [7, 11) is 0. The van der Waals surface area contributed by atoms with Crippen molar-refractivity contribution in [1.82, 2.24) is 0 Å². The summed E-state index contributed by atoms with van der Waals surface area (Å²) in [6, 6.07) is 1.96. The van der Waals surface area contributed by atoms with Crippen LogP contribution in [0.2, 0.25) is 0 Å². The van der Waals surface area contributed by atoms with Crippen molar-refractivity contribution in [2.24, 2.45) is 11.1 Å². The first kappa shape index (κ1) is 9.33. The predicted octanol–water partition coefficient (Wildman–Crippen LogP) is 1.25. The van der Waals surface area contributed by atoms with Crippen LogP contribution in [0.15, 0.2) is 0 Å². The van der Waals surface area contributed by atoms with Gasteiger partial charge in [0.25, 0.3) is 0 Å². The van der Waals surface area contributed by atoms with Crippen LogP contribution in [0.3, 0.4) is 0 Å². The molecule has 0 bridgehead atoms. The molecule has 1 fully saturated rings. The van der Waals surface area contributed by atoms with Crippen LogP contribution in [0.4, 0.5) is 4.39 Å². The van der Waals surface area contributed by atoms with E-state index in [0.717, 1.165) is 11.8 Å². The third kappa shape index (κ3) is 1.89. The second-order valence-corrected chi connectivity index (χ2v) is 4.04. The second kappa shape index (κ2) is 3.31. The minimum absolute atomic E-state index is 0.00795. The van der Waals surface area contributed by atoms with Crippen LogP contribution >= 0.6 is 11.8 Å². The molecule has 1 aliphatic carbocycles. The highest BCUT2D eigenvalue weighted by Gasteiger charge is 2.54. The lowest BCUT2D eigenvalue weighted by Crippen LogP contribution is -2.13. The van der Waals surface area contributed by atoms with Gasteiger partial charge in [-0.25, -0.2) is 4.39 Å². The van der Waals surface area contributed by atoms with Crippen LogP contribution < -0.4 is 5.73 Å². The average molecular weight is 187 g/mol. The van der Waals surface area contributed by atoms with Gasteiger partial charge in [-0.3, -0.25) is 5.41 Å². The molecular formula is C7H10FN3S. The Balaban J connectivity index is 2.38. The number of thioether (sulfide) groups is 1. The number of hydrogen-bond acceptors (Lipinski definition) is 3. The number of rotatable bonds is 3. The zero-order chi connectivity index (χ0) is 9.19. The molecule has 0 spiro atoms. The fourth-order valence-corrected chi connectivity index (χ4v) is 1.90. The summed E-state index contributed by atoms with van der Waals surface area (Å²) in [5.74, 6) is 0.455. The van der Waals surface area contributed by atoms with Gasteiger partial charge in [-0.2, -0.15) is 5.26 Å². The van der Waals surface area contributed by atoms with Crippen LogP contribution in [0.5, 0.6) is 0 Å². The van der Waals surface area contributed by atoms with Crippen LogP contribution in [-0.4, -0.2) is 17.1 Å². The normalized spacial score (nSPS) is 32.5. The number of nitriles is 1. The van der Waals surface area contributed by atoms with Crippen molar-refractivity contribution in [3.63, 3.8) is 0 Å². The fraction of sp³-hybridized carbons (Fsp3) is 0.714. The lowest BCUT2D eigenvalue weighted by Gasteiger charge is -2.08. The average Bonchev–Trinajstić information content (AvgIpc) is 2.60. The van der Waals surface area contributed by atoms with E-state index in [1.807, 2.05) is 6.07 Å². The van der Waals surface area contributed by atoms with Crippen LogP contribution in [0, 0.1) is 22.2 Å². The van der Waals surface area contributed by atoms with E-state index in [1.165, 1.54) is 0 Å². The highest BCUT2D eigenvalue weighted by Crippen LogP contribution is 2.53. The molecule has 1 rings (SSSR count). The zero-order valence-corrected chi connectivity index (χ0v) is 7.33. The Hall–Kier alpha value is -0.760. The van der Waals surface area contributed by atoms with Gasteiger partial charge in [-0.1, -0.05) is 11.8 Å². The van der Waals surface area contributed by atoms with Gasteiger partial charge >= 0.3 is 0 Å².